The lowest BCUT2D eigenvalue weighted by atomic mass is 9.93. The lowest BCUT2D eigenvalue weighted by molar-refractivity contribution is 0.113. The maximum atomic E-state index is 13.0. The first kappa shape index (κ1) is 17.2. The van der Waals surface area contributed by atoms with Gasteiger partial charge in [0.25, 0.3) is 0 Å². The van der Waals surface area contributed by atoms with Crippen LogP contribution in [0.15, 0.2) is 23.1 Å². The van der Waals surface area contributed by atoms with Gasteiger partial charge in [-0.3, -0.25) is 0 Å². The Kier molecular flexibility index (Phi) is 5.14. The number of aryl methyl sites for hydroxylation is 1. The minimum absolute atomic E-state index is 0.132. The normalized spacial score (nSPS) is 23.5. The number of aliphatic hydroxyl groups is 1. The van der Waals surface area contributed by atoms with Crippen molar-refractivity contribution in [2.24, 2.45) is 5.92 Å². The number of benzene rings is 1. The number of nitrogens with zero attached hydrogens (tertiary/aromatic N) is 2. The zero-order chi connectivity index (χ0) is 16.5. The summed E-state index contributed by atoms with van der Waals surface area (Å²) in [6.07, 6.45) is 1.79. The molecule has 0 aliphatic carbocycles. The molecule has 0 radical (unpaired) electrons. The van der Waals surface area contributed by atoms with E-state index >= 15 is 0 Å². The highest BCUT2D eigenvalue weighted by Gasteiger charge is 2.37. The van der Waals surface area contributed by atoms with E-state index in [9.17, 15) is 13.5 Å². The first-order valence-corrected chi connectivity index (χ1v) is 9.13. The minimum atomic E-state index is -3.58. The number of rotatable bonds is 4. The molecule has 6 heteroatoms. The zero-order valence-electron chi connectivity index (χ0n) is 13.8. The number of aliphatic hydroxyl groups excluding tert-OH is 1. The first-order valence-electron chi connectivity index (χ1n) is 7.69. The Morgan fingerprint density at radius 2 is 2.05 bits per heavy atom. The van der Waals surface area contributed by atoms with Crippen LogP contribution in [0, 0.1) is 12.8 Å². The lowest BCUT2D eigenvalue weighted by Gasteiger charge is -2.38. The molecule has 1 saturated heterocycles. The van der Waals surface area contributed by atoms with Crippen LogP contribution in [-0.2, 0) is 10.0 Å². The molecule has 1 N–H and O–H groups in total. The fourth-order valence-electron chi connectivity index (χ4n) is 3.15. The molecule has 22 heavy (non-hydrogen) atoms. The van der Waals surface area contributed by atoms with Crippen LogP contribution < -0.4 is 4.90 Å². The Morgan fingerprint density at radius 3 is 2.64 bits per heavy atom. The quantitative estimate of drug-likeness (QED) is 0.917. The second-order valence-electron chi connectivity index (χ2n) is 6.33. The molecule has 1 aromatic carbocycles. The molecule has 0 bridgehead atoms. The van der Waals surface area contributed by atoms with Crippen molar-refractivity contribution in [1.82, 2.24) is 4.31 Å². The molecule has 1 heterocycles. The van der Waals surface area contributed by atoms with Gasteiger partial charge < -0.3 is 10.0 Å². The molecule has 0 spiro atoms. The van der Waals surface area contributed by atoms with Gasteiger partial charge in [0, 0.05) is 26.3 Å². The molecule has 0 saturated carbocycles. The van der Waals surface area contributed by atoms with Crippen LogP contribution in [0.5, 0.6) is 0 Å². The minimum Gasteiger partial charge on any atom is -0.395 e. The van der Waals surface area contributed by atoms with Crippen LogP contribution >= 0.6 is 0 Å². The van der Waals surface area contributed by atoms with E-state index in [-0.39, 0.29) is 18.6 Å². The van der Waals surface area contributed by atoms with Crippen molar-refractivity contribution < 1.29 is 13.5 Å². The summed E-state index contributed by atoms with van der Waals surface area (Å²) in [6, 6.07) is 4.88. The summed E-state index contributed by atoms with van der Waals surface area (Å²) in [5, 5.41) is 9.61. The summed E-state index contributed by atoms with van der Waals surface area (Å²) in [5.41, 5.74) is 1.93. The van der Waals surface area contributed by atoms with Gasteiger partial charge in [-0.2, -0.15) is 4.31 Å². The van der Waals surface area contributed by atoms with Crippen molar-refractivity contribution in [3.05, 3.63) is 23.8 Å². The summed E-state index contributed by atoms with van der Waals surface area (Å²) >= 11 is 0. The molecule has 0 aromatic heterocycles. The summed E-state index contributed by atoms with van der Waals surface area (Å²) in [4.78, 5) is 2.21. The van der Waals surface area contributed by atoms with E-state index in [0.717, 1.165) is 24.1 Å². The third-order valence-corrected chi connectivity index (χ3v) is 6.44. The maximum Gasteiger partial charge on any atom is 0.243 e. The van der Waals surface area contributed by atoms with Crippen molar-refractivity contribution in [2.75, 3.05) is 32.1 Å². The highest BCUT2D eigenvalue weighted by atomic mass is 32.2. The molecule has 1 aliphatic heterocycles. The molecule has 0 amide bonds. The Bertz CT molecular complexity index is 628. The Morgan fingerprint density at radius 1 is 1.36 bits per heavy atom. The second kappa shape index (κ2) is 6.56. The number of hydrogen-bond donors (Lipinski definition) is 1. The van der Waals surface area contributed by atoms with Crippen LogP contribution in [0.25, 0.3) is 0 Å². The van der Waals surface area contributed by atoms with E-state index in [1.807, 2.05) is 38.9 Å². The summed E-state index contributed by atoms with van der Waals surface area (Å²) in [7, 11) is 0.220. The average molecular weight is 326 g/mol. The monoisotopic (exact) mass is 326 g/mol. The highest BCUT2D eigenvalue weighted by Crippen LogP contribution is 2.31. The lowest BCUT2D eigenvalue weighted by Crippen LogP contribution is -2.49. The predicted octanol–water partition coefficient (Wildman–Crippen LogP) is 1.84. The highest BCUT2D eigenvalue weighted by molar-refractivity contribution is 7.89. The Hall–Kier alpha value is -1.11. The van der Waals surface area contributed by atoms with Gasteiger partial charge in [0.1, 0.15) is 0 Å². The Labute approximate surface area is 133 Å². The SMILES string of the molecule is Cc1ccc(S(=O)(=O)N2CCCC(C)C2CO)cc1N(C)C. The van der Waals surface area contributed by atoms with Crippen molar-refractivity contribution in [2.45, 2.75) is 37.6 Å². The van der Waals surface area contributed by atoms with Crippen molar-refractivity contribution in [3.8, 4) is 0 Å². The fourth-order valence-corrected chi connectivity index (χ4v) is 4.92. The van der Waals surface area contributed by atoms with E-state index in [0.29, 0.717) is 11.4 Å². The van der Waals surface area contributed by atoms with Gasteiger partial charge in [0.2, 0.25) is 10.0 Å². The van der Waals surface area contributed by atoms with Gasteiger partial charge in [0.15, 0.2) is 0 Å². The third-order valence-electron chi connectivity index (χ3n) is 4.52. The topological polar surface area (TPSA) is 60.9 Å². The summed E-state index contributed by atoms with van der Waals surface area (Å²) < 4.78 is 27.4. The van der Waals surface area contributed by atoms with Gasteiger partial charge in [-0.05, 0) is 43.4 Å². The van der Waals surface area contributed by atoms with Crippen LogP contribution in [0.3, 0.4) is 0 Å². The van der Waals surface area contributed by atoms with Crippen molar-refractivity contribution >= 4 is 15.7 Å². The average Bonchev–Trinajstić information content (AvgIpc) is 2.46. The largest absolute Gasteiger partial charge is 0.395 e. The third kappa shape index (κ3) is 3.14. The number of hydrogen-bond acceptors (Lipinski definition) is 4. The molecule has 5 nitrogen and oxygen atoms in total. The Balaban J connectivity index is 2.43. The first-order chi connectivity index (χ1) is 10.3. The molecule has 2 unspecified atom stereocenters. The van der Waals surface area contributed by atoms with E-state index in [1.54, 1.807) is 12.1 Å². The van der Waals surface area contributed by atoms with E-state index < -0.39 is 10.0 Å². The number of sulfonamides is 1. The van der Waals surface area contributed by atoms with Gasteiger partial charge in [-0.1, -0.05) is 13.0 Å². The molecular weight excluding hydrogens is 300 g/mol. The predicted molar refractivity (Wildman–Crippen MR) is 88.7 cm³/mol. The summed E-state index contributed by atoms with van der Waals surface area (Å²) in [5.74, 6) is 0.173. The molecule has 1 aromatic rings. The smallest absolute Gasteiger partial charge is 0.243 e. The molecule has 124 valence electrons. The van der Waals surface area contributed by atoms with E-state index in [1.165, 1.54) is 4.31 Å². The van der Waals surface area contributed by atoms with E-state index in [4.69, 9.17) is 0 Å². The van der Waals surface area contributed by atoms with Gasteiger partial charge in [-0.15, -0.1) is 0 Å². The van der Waals surface area contributed by atoms with Crippen LogP contribution in [0.1, 0.15) is 25.3 Å². The molecule has 1 aliphatic rings. The molecular formula is C16H26N2O3S. The van der Waals surface area contributed by atoms with Crippen molar-refractivity contribution in [1.29, 1.82) is 0 Å². The maximum absolute atomic E-state index is 13.0. The van der Waals surface area contributed by atoms with Crippen LogP contribution in [-0.4, -0.2) is 51.1 Å². The van der Waals surface area contributed by atoms with Gasteiger partial charge in [-0.25, -0.2) is 8.42 Å². The van der Waals surface area contributed by atoms with E-state index in [2.05, 4.69) is 0 Å². The van der Waals surface area contributed by atoms with Gasteiger partial charge >= 0.3 is 0 Å². The molecule has 2 rings (SSSR count). The second-order valence-corrected chi connectivity index (χ2v) is 8.22. The number of piperidine rings is 1. The van der Waals surface area contributed by atoms with Gasteiger partial charge in [0.05, 0.1) is 17.5 Å². The number of anilines is 1. The zero-order valence-corrected chi connectivity index (χ0v) is 14.6. The van der Waals surface area contributed by atoms with Crippen LogP contribution in [0.2, 0.25) is 0 Å². The van der Waals surface area contributed by atoms with Crippen molar-refractivity contribution in [3.63, 3.8) is 0 Å². The standard InChI is InChI=1S/C16H26N2O3S/c1-12-6-5-9-18(16(12)11-19)22(20,21)14-8-7-13(2)15(10-14)17(3)4/h7-8,10,12,16,19H,5-6,9,11H2,1-4H3. The fraction of sp³-hybridized carbons (Fsp3) is 0.625. The summed E-state index contributed by atoms with van der Waals surface area (Å²) in [6.45, 7) is 4.31. The molecule has 2 atom stereocenters. The molecule has 1 fully saturated rings. The van der Waals surface area contributed by atoms with Crippen LogP contribution in [0.4, 0.5) is 5.69 Å².